The summed E-state index contributed by atoms with van der Waals surface area (Å²) in [4.78, 5) is 0. The van der Waals surface area contributed by atoms with Crippen LogP contribution in [-0.4, -0.2) is 6.10 Å². The largest absolute Gasteiger partial charge is 0.491 e. The minimum Gasteiger partial charge on any atom is -0.491 e. The van der Waals surface area contributed by atoms with Crippen LogP contribution in [0.15, 0.2) is 45.6 Å². The molecule has 0 aliphatic carbocycles. The van der Waals surface area contributed by atoms with Crippen LogP contribution in [0.5, 0.6) is 0 Å². The predicted molar refractivity (Wildman–Crippen MR) is 85.1 cm³/mol. The van der Waals surface area contributed by atoms with Crippen molar-refractivity contribution in [3.8, 4) is 0 Å². The molecule has 0 aromatic rings. The van der Waals surface area contributed by atoms with Gasteiger partial charge in [-0.2, -0.15) is 0 Å². The Labute approximate surface area is 123 Å². The smallest absolute Gasteiger partial charge is 0.116 e. The van der Waals surface area contributed by atoms with Crippen molar-refractivity contribution in [3.63, 3.8) is 0 Å². The molecule has 0 radical (unpaired) electrons. The minimum absolute atomic E-state index is 0.267. The highest BCUT2D eigenvalue weighted by molar-refractivity contribution is 5.28. The maximum absolute atomic E-state index is 5.52. The summed E-state index contributed by atoms with van der Waals surface area (Å²) in [7, 11) is 0. The van der Waals surface area contributed by atoms with E-state index in [1.165, 1.54) is 22.3 Å². The van der Waals surface area contributed by atoms with Gasteiger partial charge in [0.2, 0.25) is 0 Å². The Bertz CT molecular complexity index is 458. The highest BCUT2D eigenvalue weighted by atomic mass is 16.5. The molecule has 2 nitrogen and oxygen atoms in total. The molecule has 0 spiro atoms. The first-order valence-electron chi connectivity index (χ1n) is 7.25. The molecule has 2 aliphatic rings. The third-order valence-corrected chi connectivity index (χ3v) is 4.03. The van der Waals surface area contributed by atoms with Crippen LogP contribution in [0.25, 0.3) is 0 Å². The standard InChI is InChI=1S/2C9H14O/c2*1-6-5-7(2)9(4)10-8(6)3/h5H2,1-4H3;5,8H,1-4H3. The molecule has 2 heterocycles. The van der Waals surface area contributed by atoms with Crippen LogP contribution in [0.4, 0.5) is 0 Å². The average Bonchev–Trinajstić information content (AvgIpc) is 2.35. The molecular weight excluding hydrogens is 248 g/mol. The normalized spacial score (nSPS) is 22.8. The zero-order valence-corrected chi connectivity index (χ0v) is 14.2. The van der Waals surface area contributed by atoms with Crippen molar-refractivity contribution in [3.05, 3.63) is 45.6 Å². The Morgan fingerprint density at radius 1 is 0.850 bits per heavy atom. The summed E-state index contributed by atoms with van der Waals surface area (Å²) in [6, 6.07) is 0. The molecule has 1 unspecified atom stereocenters. The summed E-state index contributed by atoms with van der Waals surface area (Å²) in [5.74, 6) is 3.20. The van der Waals surface area contributed by atoms with Crippen molar-refractivity contribution in [2.45, 2.75) is 67.9 Å². The molecule has 2 rings (SSSR count). The Kier molecular flexibility index (Phi) is 5.67. The SMILES string of the molecule is CC1=C(C)OC(C)=C(C)C1.CC1=CC(C)=C(C)OC1C. The summed E-state index contributed by atoms with van der Waals surface area (Å²) >= 11 is 0. The van der Waals surface area contributed by atoms with E-state index in [-0.39, 0.29) is 6.10 Å². The molecule has 20 heavy (non-hydrogen) atoms. The zero-order chi connectivity index (χ0) is 15.4. The Hall–Kier alpha value is -1.44. The van der Waals surface area contributed by atoms with E-state index in [1.807, 2.05) is 20.8 Å². The van der Waals surface area contributed by atoms with Gasteiger partial charge in [0.1, 0.15) is 6.10 Å². The topological polar surface area (TPSA) is 18.5 Å². The fraction of sp³-hybridized carbons (Fsp3) is 0.556. The first-order valence-corrected chi connectivity index (χ1v) is 7.25. The molecule has 0 bridgehead atoms. The summed E-state index contributed by atoms with van der Waals surface area (Å²) in [6.45, 7) is 16.5. The summed E-state index contributed by atoms with van der Waals surface area (Å²) in [5, 5.41) is 0. The number of hydrogen-bond acceptors (Lipinski definition) is 2. The molecule has 0 aromatic heterocycles. The molecule has 0 saturated carbocycles. The van der Waals surface area contributed by atoms with Crippen molar-refractivity contribution < 1.29 is 9.47 Å². The molecular formula is C18H28O2. The lowest BCUT2D eigenvalue weighted by Crippen LogP contribution is -2.12. The van der Waals surface area contributed by atoms with E-state index in [0.717, 1.165) is 23.7 Å². The van der Waals surface area contributed by atoms with Gasteiger partial charge in [-0.15, -0.1) is 0 Å². The second-order valence-electron chi connectivity index (χ2n) is 5.84. The van der Waals surface area contributed by atoms with Crippen molar-refractivity contribution in [1.29, 1.82) is 0 Å². The quantitative estimate of drug-likeness (QED) is 0.570. The van der Waals surface area contributed by atoms with Crippen LogP contribution in [0.1, 0.15) is 61.8 Å². The number of ether oxygens (including phenoxy) is 2. The molecule has 0 amide bonds. The first-order chi connectivity index (χ1) is 9.22. The number of rotatable bonds is 0. The molecule has 0 fully saturated rings. The lowest BCUT2D eigenvalue weighted by molar-refractivity contribution is 0.154. The summed E-state index contributed by atoms with van der Waals surface area (Å²) in [6.07, 6.45) is 3.53. The summed E-state index contributed by atoms with van der Waals surface area (Å²) < 4.78 is 11.0. The molecule has 2 heteroatoms. The van der Waals surface area contributed by atoms with Crippen LogP contribution in [0.2, 0.25) is 0 Å². The number of allylic oxidation sites excluding steroid dienone is 7. The minimum atomic E-state index is 0.267. The second kappa shape index (κ2) is 6.83. The second-order valence-corrected chi connectivity index (χ2v) is 5.84. The van der Waals surface area contributed by atoms with Gasteiger partial charge in [0.15, 0.2) is 0 Å². The molecule has 0 aromatic carbocycles. The lowest BCUT2D eigenvalue weighted by atomic mass is 10.0. The average molecular weight is 276 g/mol. The van der Waals surface area contributed by atoms with Gasteiger partial charge in [-0.25, -0.2) is 0 Å². The van der Waals surface area contributed by atoms with Crippen molar-refractivity contribution in [2.24, 2.45) is 0 Å². The van der Waals surface area contributed by atoms with E-state index < -0.39 is 0 Å². The zero-order valence-electron chi connectivity index (χ0n) is 14.2. The van der Waals surface area contributed by atoms with Gasteiger partial charge in [-0.05, 0) is 84.1 Å². The molecule has 2 aliphatic heterocycles. The first kappa shape index (κ1) is 16.6. The third-order valence-electron chi connectivity index (χ3n) is 4.03. The highest BCUT2D eigenvalue weighted by Crippen LogP contribution is 2.25. The molecule has 0 saturated heterocycles. The maximum Gasteiger partial charge on any atom is 0.116 e. The third kappa shape index (κ3) is 4.29. The predicted octanol–water partition coefficient (Wildman–Crippen LogP) is 5.64. The van der Waals surface area contributed by atoms with Gasteiger partial charge in [0.25, 0.3) is 0 Å². The van der Waals surface area contributed by atoms with Crippen molar-refractivity contribution in [1.82, 2.24) is 0 Å². The van der Waals surface area contributed by atoms with E-state index in [2.05, 4.69) is 40.7 Å². The lowest BCUT2D eigenvalue weighted by Gasteiger charge is -2.21. The van der Waals surface area contributed by atoms with Gasteiger partial charge in [0.05, 0.1) is 17.3 Å². The van der Waals surface area contributed by atoms with E-state index in [4.69, 9.17) is 9.47 Å². The highest BCUT2D eigenvalue weighted by Gasteiger charge is 2.12. The Morgan fingerprint density at radius 3 is 1.75 bits per heavy atom. The van der Waals surface area contributed by atoms with Crippen LogP contribution in [0.3, 0.4) is 0 Å². The van der Waals surface area contributed by atoms with E-state index in [0.29, 0.717) is 0 Å². The van der Waals surface area contributed by atoms with E-state index in [1.54, 1.807) is 0 Å². The van der Waals surface area contributed by atoms with Gasteiger partial charge < -0.3 is 9.47 Å². The van der Waals surface area contributed by atoms with Crippen LogP contribution in [-0.2, 0) is 9.47 Å². The van der Waals surface area contributed by atoms with Crippen LogP contribution < -0.4 is 0 Å². The van der Waals surface area contributed by atoms with Gasteiger partial charge in [-0.3, -0.25) is 0 Å². The van der Waals surface area contributed by atoms with Crippen LogP contribution >= 0.6 is 0 Å². The van der Waals surface area contributed by atoms with Gasteiger partial charge in [0, 0.05) is 0 Å². The Balaban J connectivity index is 0.000000200. The van der Waals surface area contributed by atoms with E-state index in [9.17, 15) is 0 Å². The fourth-order valence-electron chi connectivity index (χ4n) is 2.06. The Morgan fingerprint density at radius 2 is 1.35 bits per heavy atom. The van der Waals surface area contributed by atoms with Crippen LogP contribution in [0, 0.1) is 0 Å². The van der Waals surface area contributed by atoms with Gasteiger partial charge >= 0.3 is 0 Å². The molecule has 0 N–H and O–H groups in total. The fourth-order valence-corrected chi connectivity index (χ4v) is 2.06. The van der Waals surface area contributed by atoms with Crippen molar-refractivity contribution >= 4 is 0 Å². The maximum atomic E-state index is 5.52. The molecule has 112 valence electrons. The monoisotopic (exact) mass is 276 g/mol. The van der Waals surface area contributed by atoms with Crippen molar-refractivity contribution in [2.75, 3.05) is 0 Å². The van der Waals surface area contributed by atoms with Gasteiger partial charge in [-0.1, -0.05) is 6.08 Å². The number of hydrogen-bond donors (Lipinski definition) is 0. The molecule has 1 atom stereocenters. The summed E-state index contributed by atoms with van der Waals surface area (Å²) in [5.41, 5.74) is 5.25. The van der Waals surface area contributed by atoms with E-state index >= 15 is 0 Å².